The molecule has 2 N–H and O–H groups in total. The fraction of sp³-hybridized carbons (Fsp3) is 0.647. The van der Waals surface area contributed by atoms with Crippen molar-refractivity contribution >= 4 is 11.6 Å². The first-order valence-electron chi connectivity index (χ1n) is 7.60. The quantitative estimate of drug-likeness (QED) is 0.847. The Labute approximate surface area is 122 Å². The second-order valence-electron chi connectivity index (χ2n) is 6.16. The summed E-state index contributed by atoms with van der Waals surface area (Å²) in [6.45, 7) is 4.37. The van der Waals surface area contributed by atoms with Crippen molar-refractivity contribution in [2.75, 3.05) is 0 Å². The van der Waals surface area contributed by atoms with Crippen LogP contribution in [0.2, 0.25) is 5.02 Å². The Morgan fingerprint density at radius 1 is 1.37 bits per heavy atom. The molecule has 0 bridgehead atoms. The van der Waals surface area contributed by atoms with Crippen LogP contribution in [0.15, 0.2) is 18.2 Å². The lowest BCUT2D eigenvalue weighted by molar-refractivity contribution is 0.228. The highest BCUT2D eigenvalue weighted by molar-refractivity contribution is 6.31. The number of aryl methyl sites for hydroxylation is 1. The lowest BCUT2D eigenvalue weighted by atomic mass is 9.76. The molecule has 1 fully saturated rings. The molecule has 1 aromatic rings. The molecular formula is C17H26ClN. The number of rotatable bonds is 4. The molecule has 0 radical (unpaired) electrons. The fourth-order valence-electron chi connectivity index (χ4n) is 3.33. The molecule has 19 heavy (non-hydrogen) atoms. The molecule has 0 saturated heterocycles. The van der Waals surface area contributed by atoms with E-state index >= 15 is 0 Å². The van der Waals surface area contributed by atoms with Crippen molar-refractivity contribution in [3.63, 3.8) is 0 Å². The second-order valence-corrected chi connectivity index (χ2v) is 6.57. The normalized spacial score (nSPS) is 25.3. The molecule has 0 heterocycles. The van der Waals surface area contributed by atoms with Crippen LogP contribution in [0.25, 0.3) is 0 Å². The Balaban J connectivity index is 1.98. The molecule has 1 aromatic carbocycles. The van der Waals surface area contributed by atoms with E-state index in [-0.39, 0.29) is 6.04 Å². The maximum Gasteiger partial charge on any atom is 0.0441 e. The molecule has 1 aliphatic rings. The molecule has 3 unspecified atom stereocenters. The lowest BCUT2D eigenvalue weighted by Crippen LogP contribution is -2.35. The van der Waals surface area contributed by atoms with E-state index in [1.807, 2.05) is 6.07 Å². The van der Waals surface area contributed by atoms with E-state index in [4.69, 9.17) is 17.3 Å². The van der Waals surface area contributed by atoms with Crippen molar-refractivity contribution in [3.05, 3.63) is 34.3 Å². The van der Waals surface area contributed by atoms with Crippen LogP contribution in [-0.2, 0) is 6.42 Å². The minimum absolute atomic E-state index is 0.259. The summed E-state index contributed by atoms with van der Waals surface area (Å²) >= 11 is 6.31. The van der Waals surface area contributed by atoms with Gasteiger partial charge in [0.2, 0.25) is 0 Å². The van der Waals surface area contributed by atoms with Crippen molar-refractivity contribution in [1.29, 1.82) is 0 Å². The maximum absolute atomic E-state index is 6.45. The van der Waals surface area contributed by atoms with Gasteiger partial charge in [-0.15, -0.1) is 0 Å². The van der Waals surface area contributed by atoms with Gasteiger partial charge in [-0.25, -0.2) is 0 Å². The number of hydrogen-bond donors (Lipinski definition) is 1. The molecule has 1 aliphatic carbocycles. The van der Waals surface area contributed by atoms with Gasteiger partial charge in [0.25, 0.3) is 0 Å². The van der Waals surface area contributed by atoms with E-state index in [0.29, 0.717) is 5.92 Å². The molecule has 1 saturated carbocycles. The number of halogens is 1. The van der Waals surface area contributed by atoms with Gasteiger partial charge in [0.15, 0.2) is 0 Å². The van der Waals surface area contributed by atoms with E-state index in [1.165, 1.54) is 43.2 Å². The van der Waals surface area contributed by atoms with Gasteiger partial charge >= 0.3 is 0 Å². The molecule has 0 aromatic heterocycles. The molecule has 1 nitrogen and oxygen atoms in total. The van der Waals surface area contributed by atoms with Gasteiger partial charge < -0.3 is 5.73 Å². The van der Waals surface area contributed by atoms with Crippen LogP contribution in [-0.4, -0.2) is 6.04 Å². The minimum atomic E-state index is 0.259. The zero-order valence-electron chi connectivity index (χ0n) is 12.2. The van der Waals surface area contributed by atoms with E-state index in [0.717, 1.165) is 17.4 Å². The largest absolute Gasteiger partial charge is 0.327 e. The topological polar surface area (TPSA) is 26.0 Å². The van der Waals surface area contributed by atoms with Crippen LogP contribution in [0, 0.1) is 18.8 Å². The van der Waals surface area contributed by atoms with Gasteiger partial charge in [0, 0.05) is 11.1 Å². The highest BCUT2D eigenvalue weighted by Gasteiger charge is 2.26. The highest BCUT2D eigenvalue weighted by atomic mass is 35.5. The standard InChI is InChI=1S/C17H26ClN/c1-3-13-5-4-6-15(10-13)17(19)11-14-8-7-12(2)9-16(14)18/h7-9,13,15,17H,3-6,10-11,19H2,1-2H3. The van der Waals surface area contributed by atoms with Gasteiger partial charge in [-0.05, 0) is 55.2 Å². The zero-order valence-corrected chi connectivity index (χ0v) is 12.9. The average Bonchev–Trinajstić information content (AvgIpc) is 2.42. The van der Waals surface area contributed by atoms with Crippen molar-refractivity contribution in [1.82, 2.24) is 0 Å². The van der Waals surface area contributed by atoms with Crippen LogP contribution in [0.5, 0.6) is 0 Å². The monoisotopic (exact) mass is 279 g/mol. The summed E-state index contributed by atoms with van der Waals surface area (Å²) in [6, 6.07) is 6.57. The van der Waals surface area contributed by atoms with Crippen LogP contribution >= 0.6 is 11.6 Å². The fourth-order valence-corrected chi connectivity index (χ4v) is 3.64. The Kier molecular flexibility index (Phi) is 5.29. The van der Waals surface area contributed by atoms with E-state index in [1.54, 1.807) is 0 Å². The first-order chi connectivity index (χ1) is 9.10. The summed E-state index contributed by atoms with van der Waals surface area (Å²) < 4.78 is 0. The summed E-state index contributed by atoms with van der Waals surface area (Å²) in [5.74, 6) is 1.56. The summed E-state index contributed by atoms with van der Waals surface area (Å²) in [6.07, 6.45) is 7.56. The maximum atomic E-state index is 6.45. The van der Waals surface area contributed by atoms with Crippen molar-refractivity contribution < 1.29 is 0 Å². The third-order valence-electron chi connectivity index (χ3n) is 4.67. The van der Waals surface area contributed by atoms with Gasteiger partial charge in [-0.1, -0.05) is 49.9 Å². The molecule has 3 atom stereocenters. The molecular weight excluding hydrogens is 254 g/mol. The van der Waals surface area contributed by atoms with E-state index < -0.39 is 0 Å². The van der Waals surface area contributed by atoms with E-state index in [2.05, 4.69) is 26.0 Å². The first-order valence-corrected chi connectivity index (χ1v) is 7.98. The summed E-state index contributed by atoms with van der Waals surface area (Å²) in [5.41, 5.74) is 8.87. The van der Waals surface area contributed by atoms with Crippen molar-refractivity contribution in [2.24, 2.45) is 17.6 Å². The van der Waals surface area contributed by atoms with Gasteiger partial charge in [-0.2, -0.15) is 0 Å². The van der Waals surface area contributed by atoms with Gasteiger partial charge in [0.05, 0.1) is 0 Å². The van der Waals surface area contributed by atoms with Gasteiger partial charge in [0.1, 0.15) is 0 Å². The predicted molar refractivity (Wildman–Crippen MR) is 83.6 cm³/mol. The Morgan fingerprint density at radius 3 is 2.84 bits per heavy atom. The predicted octanol–water partition coefficient (Wildman–Crippen LogP) is 4.73. The molecule has 0 amide bonds. The molecule has 0 spiro atoms. The van der Waals surface area contributed by atoms with Crippen LogP contribution in [0.3, 0.4) is 0 Å². The average molecular weight is 280 g/mol. The Hall–Kier alpha value is -0.530. The zero-order chi connectivity index (χ0) is 13.8. The highest BCUT2D eigenvalue weighted by Crippen LogP contribution is 2.33. The smallest absolute Gasteiger partial charge is 0.0441 e. The summed E-state index contributed by atoms with van der Waals surface area (Å²) in [7, 11) is 0. The second kappa shape index (κ2) is 6.76. The third-order valence-corrected chi connectivity index (χ3v) is 5.02. The molecule has 2 heteroatoms. The van der Waals surface area contributed by atoms with Crippen molar-refractivity contribution in [3.8, 4) is 0 Å². The SMILES string of the molecule is CCC1CCCC(C(N)Cc2ccc(C)cc2Cl)C1. The Bertz CT molecular complexity index is 416. The summed E-state index contributed by atoms with van der Waals surface area (Å²) in [5, 5.41) is 0.873. The summed E-state index contributed by atoms with van der Waals surface area (Å²) in [4.78, 5) is 0. The van der Waals surface area contributed by atoms with E-state index in [9.17, 15) is 0 Å². The van der Waals surface area contributed by atoms with Crippen molar-refractivity contribution in [2.45, 2.75) is 58.4 Å². The molecule has 106 valence electrons. The Morgan fingerprint density at radius 2 is 2.16 bits per heavy atom. The minimum Gasteiger partial charge on any atom is -0.327 e. The van der Waals surface area contributed by atoms with Crippen LogP contribution in [0.1, 0.15) is 50.2 Å². The van der Waals surface area contributed by atoms with Crippen LogP contribution in [0.4, 0.5) is 0 Å². The molecule has 0 aliphatic heterocycles. The third kappa shape index (κ3) is 3.97. The van der Waals surface area contributed by atoms with Gasteiger partial charge in [-0.3, -0.25) is 0 Å². The first kappa shape index (κ1) is 14.9. The number of benzene rings is 1. The molecule has 2 rings (SSSR count). The van der Waals surface area contributed by atoms with Crippen LogP contribution < -0.4 is 5.73 Å². The number of nitrogens with two attached hydrogens (primary N) is 1. The number of hydrogen-bond acceptors (Lipinski definition) is 1. The lowest BCUT2D eigenvalue weighted by Gasteiger charge is -2.32.